The molecule has 1 N–H and O–H groups in total. The predicted molar refractivity (Wildman–Crippen MR) is 96.5 cm³/mol. The van der Waals surface area contributed by atoms with Crippen molar-refractivity contribution in [3.05, 3.63) is 76.8 Å². The van der Waals surface area contributed by atoms with Crippen LogP contribution >= 0.6 is 0 Å². The van der Waals surface area contributed by atoms with Crippen molar-refractivity contribution in [3.8, 4) is 17.0 Å². The van der Waals surface area contributed by atoms with Crippen LogP contribution in [0.25, 0.3) is 17.0 Å². The number of carbonyl (C=O) groups excluding carboxylic acids is 1. The molecule has 0 aliphatic rings. The normalized spacial score (nSPS) is 10.7. The van der Waals surface area contributed by atoms with Gasteiger partial charge in [-0.3, -0.25) is 4.79 Å². The highest BCUT2D eigenvalue weighted by molar-refractivity contribution is 6.03. The van der Waals surface area contributed by atoms with Crippen LogP contribution in [0.2, 0.25) is 0 Å². The highest BCUT2D eigenvalue weighted by Crippen LogP contribution is 2.20. The molecule has 2 aromatic carbocycles. The van der Waals surface area contributed by atoms with Crippen LogP contribution in [-0.2, 0) is 7.05 Å². The summed E-state index contributed by atoms with van der Waals surface area (Å²) in [4.78, 5) is 24.2. The lowest BCUT2D eigenvalue weighted by Crippen LogP contribution is -2.21. The van der Waals surface area contributed by atoms with E-state index >= 15 is 0 Å². The molecule has 0 bridgehead atoms. The van der Waals surface area contributed by atoms with Gasteiger partial charge in [-0.15, -0.1) is 0 Å². The van der Waals surface area contributed by atoms with Crippen molar-refractivity contribution in [2.75, 3.05) is 5.32 Å². The zero-order chi connectivity index (χ0) is 18.8. The van der Waals surface area contributed by atoms with E-state index in [1.165, 1.54) is 7.05 Å². The zero-order valence-electron chi connectivity index (χ0n) is 14.2. The van der Waals surface area contributed by atoms with Gasteiger partial charge in [0.25, 0.3) is 5.91 Å². The van der Waals surface area contributed by atoms with Crippen LogP contribution in [0.4, 0.5) is 5.69 Å². The van der Waals surface area contributed by atoms with Gasteiger partial charge in [0.05, 0.1) is 5.69 Å². The average molecular weight is 362 g/mol. The first-order chi connectivity index (χ1) is 13.1. The van der Waals surface area contributed by atoms with Crippen LogP contribution in [0.3, 0.4) is 0 Å². The van der Waals surface area contributed by atoms with Crippen molar-refractivity contribution in [1.29, 1.82) is 0 Å². The first-order valence-electron chi connectivity index (χ1n) is 8.05. The SMILES string of the molecule is Cn1nnn(-c2ccc(NC(=O)c3cc(-c4ccccc4)on3)cc2)c1=O. The summed E-state index contributed by atoms with van der Waals surface area (Å²) >= 11 is 0. The topological polar surface area (TPSA) is 108 Å². The quantitative estimate of drug-likeness (QED) is 0.594. The fourth-order valence-corrected chi connectivity index (χ4v) is 2.48. The highest BCUT2D eigenvalue weighted by atomic mass is 16.5. The van der Waals surface area contributed by atoms with E-state index in [0.29, 0.717) is 17.1 Å². The van der Waals surface area contributed by atoms with Gasteiger partial charge in [0.1, 0.15) is 0 Å². The number of amides is 1. The molecule has 0 saturated heterocycles. The second-order valence-electron chi connectivity index (χ2n) is 5.74. The molecule has 0 saturated carbocycles. The molecule has 4 aromatic rings. The molecule has 2 heterocycles. The van der Waals surface area contributed by atoms with Crippen LogP contribution in [0.5, 0.6) is 0 Å². The molecule has 2 aromatic heterocycles. The number of nitrogens with one attached hydrogen (secondary N) is 1. The van der Waals surface area contributed by atoms with Crippen molar-refractivity contribution >= 4 is 11.6 Å². The van der Waals surface area contributed by atoms with Crippen molar-refractivity contribution in [2.24, 2.45) is 7.05 Å². The van der Waals surface area contributed by atoms with Gasteiger partial charge in [0.15, 0.2) is 11.5 Å². The third-order valence-electron chi connectivity index (χ3n) is 3.89. The minimum atomic E-state index is -0.398. The lowest BCUT2D eigenvalue weighted by atomic mass is 10.1. The Hall–Kier alpha value is -4.01. The van der Waals surface area contributed by atoms with Crippen LogP contribution in [0.1, 0.15) is 10.5 Å². The number of rotatable bonds is 4. The second-order valence-corrected chi connectivity index (χ2v) is 5.74. The van der Waals surface area contributed by atoms with Crippen molar-refractivity contribution in [1.82, 2.24) is 24.9 Å². The van der Waals surface area contributed by atoms with E-state index in [4.69, 9.17) is 4.52 Å². The maximum absolute atomic E-state index is 12.4. The molecule has 0 unspecified atom stereocenters. The van der Waals surface area contributed by atoms with E-state index in [0.717, 1.165) is 14.9 Å². The van der Waals surface area contributed by atoms with Crippen molar-refractivity contribution in [3.63, 3.8) is 0 Å². The van der Waals surface area contributed by atoms with Gasteiger partial charge in [-0.1, -0.05) is 35.5 Å². The van der Waals surface area contributed by atoms with Gasteiger partial charge < -0.3 is 9.84 Å². The Morgan fingerprint density at radius 3 is 2.44 bits per heavy atom. The summed E-state index contributed by atoms with van der Waals surface area (Å²) in [7, 11) is 1.52. The molecule has 0 atom stereocenters. The minimum absolute atomic E-state index is 0.170. The lowest BCUT2D eigenvalue weighted by molar-refractivity contribution is 0.101. The molecule has 4 rings (SSSR count). The Morgan fingerprint density at radius 2 is 1.78 bits per heavy atom. The summed E-state index contributed by atoms with van der Waals surface area (Å²) in [5.41, 5.74) is 1.73. The van der Waals surface area contributed by atoms with Crippen LogP contribution < -0.4 is 11.0 Å². The number of hydrogen-bond donors (Lipinski definition) is 1. The highest BCUT2D eigenvalue weighted by Gasteiger charge is 2.14. The molecule has 0 aliphatic carbocycles. The largest absolute Gasteiger partial charge is 0.368 e. The molecule has 0 aliphatic heterocycles. The number of aromatic nitrogens is 5. The van der Waals surface area contributed by atoms with E-state index in [-0.39, 0.29) is 11.4 Å². The average Bonchev–Trinajstić information content (AvgIpc) is 3.31. The summed E-state index contributed by atoms with van der Waals surface area (Å²) in [6.07, 6.45) is 0. The first-order valence-corrected chi connectivity index (χ1v) is 8.05. The lowest BCUT2D eigenvalue weighted by Gasteiger charge is -2.04. The third kappa shape index (κ3) is 3.25. The molecule has 1 amide bonds. The van der Waals surface area contributed by atoms with Gasteiger partial charge in [0.2, 0.25) is 0 Å². The Kier molecular flexibility index (Phi) is 4.09. The van der Waals surface area contributed by atoms with Crippen LogP contribution in [-0.4, -0.2) is 30.9 Å². The molecule has 134 valence electrons. The Labute approximate surface area is 152 Å². The smallest absolute Gasteiger partial charge is 0.355 e. The number of benzene rings is 2. The van der Waals surface area contributed by atoms with E-state index in [1.807, 2.05) is 30.3 Å². The molecule has 0 spiro atoms. The van der Waals surface area contributed by atoms with Crippen molar-refractivity contribution in [2.45, 2.75) is 0 Å². The predicted octanol–water partition coefficient (Wildman–Crippen LogP) is 1.87. The second kappa shape index (κ2) is 6.71. The Balaban J connectivity index is 1.49. The van der Waals surface area contributed by atoms with E-state index in [2.05, 4.69) is 20.9 Å². The monoisotopic (exact) mass is 362 g/mol. The zero-order valence-corrected chi connectivity index (χ0v) is 14.2. The summed E-state index contributed by atoms with van der Waals surface area (Å²) in [5, 5.41) is 14.0. The fraction of sp³-hybridized carbons (Fsp3) is 0.0556. The summed E-state index contributed by atoms with van der Waals surface area (Å²) in [6.45, 7) is 0. The number of carbonyl (C=O) groups is 1. The molecular weight excluding hydrogens is 348 g/mol. The fourth-order valence-electron chi connectivity index (χ4n) is 2.48. The van der Waals surface area contributed by atoms with Gasteiger partial charge in [0, 0.05) is 24.4 Å². The minimum Gasteiger partial charge on any atom is -0.355 e. The standard InChI is InChI=1S/C18H14N6O3/c1-23-18(26)24(22-21-23)14-9-7-13(8-10-14)19-17(25)15-11-16(27-20-15)12-5-3-2-4-6-12/h2-11H,1H3,(H,19,25). The van der Waals surface area contributed by atoms with Crippen LogP contribution in [0, 0.1) is 0 Å². The van der Waals surface area contributed by atoms with E-state index < -0.39 is 5.91 Å². The number of nitrogens with zero attached hydrogens (tertiary/aromatic N) is 5. The number of tetrazole rings is 1. The molecule has 9 nitrogen and oxygen atoms in total. The van der Waals surface area contributed by atoms with Gasteiger partial charge in [-0.2, -0.15) is 9.36 Å². The summed E-state index contributed by atoms with van der Waals surface area (Å²) in [6, 6.07) is 17.6. The maximum Gasteiger partial charge on any atom is 0.368 e. The summed E-state index contributed by atoms with van der Waals surface area (Å²) in [5.74, 6) is 0.114. The maximum atomic E-state index is 12.4. The first kappa shape index (κ1) is 16.5. The van der Waals surface area contributed by atoms with Crippen molar-refractivity contribution < 1.29 is 9.32 Å². The summed E-state index contributed by atoms with van der Waals surface area (Å²) < 4.78 is 7.53. The number of anilines is 1. The molecule has 27 heavy (non-hydrogen) atoms. The van der Waals surface area contributed by atoms with Crippen LogP contribution in [0.15, 0.2) is 70.0 Å². The van der Waals surface area contributed by atoms with Gasteiger partial charge >= 0.3 is 5.69 Å². The Bertz CT molecular complexity index is 1140. The molecule has 9 heteroatoms. The third-order valence-corrected chi connectivity index (χ3v) is 3.89. The van der Waals surface area contributed by atoms with Gasteiger partial charge in [-0.25, -0.2) is 4.79 Å². The molecule has 0 radical (unpaired) electrons. The van der Waals surface area contributed by atoms with Gasteiger partial charge in [-0.05, 0) is 34.7 Å². The number of aryl methyl sites for hydroxylation is 1. The number of hydrogen-bond acceptors (Lipinski definition) is 6. The Morgan fingerprint density at radius 1 is 1.04 bits per heavy atom. The van der Waals surface area contributed by atoms with E-state index in [1.54, 1.807) is 30.3 Å². The molecule has 0 fully saturated rings. The molecular formula is C18H14N6O3. The van der Waals surface area contributed by atoms with E-state index in [9.17, 15) is 9.59 Å².